The van der Waals surface area contributed by atoms with E-state index in [1.54, 1.807) is 0 Å². The molecule has 0 saturated carbocycles. The molecule has 7 heteroatoms. The van der Waals surface area contributed by atoms with Crippen molar-refractivity contribution < 1.29 is 4.79 Å². The summed E-state index contributed by atoms with van der Waals surface area (Å²) in [4.78, 5) is 19.3. The molecule has 2 rings (SSSR count). The number of carbonyl (C=O) groups excluding carboxylic acids is 1. The van der Waals surface area contributed by atoms with Crippen LogP contribution in [0.25, 0.3) is 0 Å². The average molecular weight is 369 g/mol. The molecule has 138 valence electrons. The summed E-state index contributed by atoms with van der Waals surface area (Å²) in [7, 11) is 0. The van der Waals surface area contributed by atoms with E-state index in [2.05, 4.69) is 23.6 Å². The van der Waals surface area contributed by atoms with E-state index in [1.165, 1.54) is 6.42 Å². The van der Waals surface area contributed by atoms with Gasteiger partial charge in [0.15, 0.2) is 0 Å². The van der Waals surface area contributed by atoms with Gasteiger partial charge < -0.3 is 20.4 Å². The summed E-state index contributed by atoms with van der Waals surface area (Å²) in [6.07, 6.45) is 2.94. The lowest BCUT2D eigenvalue weighted by molar-refractivity contribution is -0.133. The zero-order valence-electron chi connectivity index (χ0n) is 14.6. The molecule has 2 N–H and O–H groups in total. The Morgan fingerprint density at radius 3 is 2.30 bits per heavy atom. The maximum absolute atomic E-state index is 12.4. The minimum atomic E-state index is 0. The summed E-state index contributed by atoms with van der Waals surface area (Å²) in [5, 5.41) is 0. The van der Waals surface area contributed by atoms with Gasteiger partial charge in [-0.05, 0) is 32.2 Å². The molecule has 0 aromatic heterocycles. The van der Waals surface area contributed by atoms with E-state index in [-0.39, 0.29) is 30.9 Å². The van der Waals surface area contributed by atoms with Crippen LogP contribution in [0.15, 0.2) is 0 Å². The van der Waals surface area contributed by atoms with E-state index in [9.17, 15) is 4.79 Å². The Kier molecular flexibility index (Phi) is 11.4. The quantitative estimate of drug-likeness (QED) is 0.797. The molecule has 5 nitrogen and oxygen atoms in total. The van der Waals surface area contributed by atoms with Crippen LogP contribution in [0.1, 0.15) is 33.1 Å². The van der Waals surface area contributed by atoms with Gasteiger partial charge in [0.2, 0.25) is 5.91 Å². The molecule has 0 aromatic carbocycles. The van der Waals surface area contributed by atoms with Gasteiger partial charge in [-0.1, -0.05) is 6.92 Å². The van der Waals surface area contributed by atoms with Gasteiger partial charge in [0.25, 0.3) is 0 Å². The van der Waals surface area contributed by atoms with Crippen molar-refractivity contribution in [3.8, 4) is 0 Å². The predicted molar refractivity (Wildman–Crippen MR) is 101 cm³/mol. The smallest absolute Gasteiger partial charge is 0.223 e. The third-order valence-corrected chi connectivity index (χ3v) is 5.11. The maximum atomic E-state index is 12.4. The molecule has 2 unspecified atom stereocenters. The van der Waals surface area contributed by atoms with Crippen LogP contribution in [0.2, 0.25) is 0 Å². The first-order valence-corrected chi connectivity index (χ1v) is 8.58. The molecule has 0 spiro atoms. The standard InChI is InChI=1S/C16H32N4O.2ClH/c1-3-18-9-11-19(12-10-18)8-6-16(21)20-7-4-5-15(13-20)14(2)17;;/h14-15H,3-13,17H2,1-2H3;2*1H. The summed E-state index contributed by atoms with van der Waals surface area (Å²) in [5.74, 6) is 0.800. The van der Waals surface area contributed by atoms with E-state index in [0.29, 0.717) is 18.2 Å². The fraction of sp³-hybridized carbons (Fsp3) is 0.938. The van der Waals surface area contributed by atoms with Gasteiger partial charge in [-0.25, -0.2) is 0 Å². The van der Waals surface area contributed by atoms with Crippen molar-refractivity contribution in [3.05, 3.63) is 0 Å². The number of rotatable bonds is 5. The first-order chi connectivity index (χ1) is 10.1. The molecular weight excluding hydrogens is 335 g/mol. The van der Waals surface area contributed by atoms with Crippen molar-refractivity contribution in [1.29, 1.82) is 0 Å². The monoisotopic (exact) mass is 368 g/mol. The van der Waals surface area contributed by atoms with Crippen LogP contribution in [0.4, 0.5) is 0 Å². The predicted octanol–water partition coefficient (Wildman–Crippen LogP) is 1.44. The number of nitrogens with two attached hydrogens (primary N) is 1. The van der Waals surface area contributed by atoms with Gasteiger partial charge in [-0.15, -0.1) is 24.8 Å². The zero-order valence-corrected chi connectivity index (χ0v) is 16.2. The molecule has 2 aliphatic heterocycles. The summed E-state index contributed by atoms with van der Waals surface area (Å²) in [6, 6.07) is 0.197. The summed E-state index contributed by atoms with van der Waals surface area (Å²) >= 11 is 0. The second-order valence-electron chi connectivity index (χ2n) is 6.63. The molecule has 2 aliphatic rings. The highest BCUT2D eigenvalue weighted by molar-refractivity contribution is 5.85. The van der Waals surface area contributed by atoms with E-state index in [0.717, 1.165) is 58.8 Å². The van der Waals surface area contributed by atoms with E-state index < -0.39 is 0 Å². The normalized spacial score (nSPS) is 24.5. The Morgan fingerprint density at radius 1 is 1.13 bits per heavy atom. The highest BCUT2D eigenvalue weighted by Crippen LogP contribution is 2.19. The fourth-order valence-electron chi connectivity index (χ4n) is 3.41. The van der Waals surface area contributed by atoms with Crippen molar-refractivity contribution in [1.82, 2.24) is 14.7 Å². The van der Waals surface area contributed by atoms with Gasteiger partial charge in [-0.3, -0.25) is 4.79 Å². The van der Waals surface area contributed by atoms with E-state index in [1.807, 2.05) is 4.90 Å². The van der Waals surface area contributed by atoms with E-state index >= 15 is 0 Å². The van der Waals surface area contributed by atoms with Gasteiger partial charge in [0, 0.05) is 58.3 Å². The first kappa shape index (κ1) is 22.9. The molecular formula is C16H34Cl2N4O. The van der Waals surface area contributed by atoms with Crippen LogP contribution in [0.5, 0.6) is 0 Å². The Labute approximate surface area is 153 Å². The fourth-order valence-corrected chi connectivity index (χ4v) is 3.41. The van der Waals surface area contributed by atoms with Gasteiger partial charge >= 0.3 is 0 Å². The number of nitrogens with zero attached hydrogens (tertiary/aromatic N) is 3. The Balaban J connectivity index is 0.00000242. The summed E-state index contributed by atoms with van der Waals surface area (Å²) in [6.45, 7) is 12.6. The molecule has 0 aliphatic carbocycles. The summed E-state index contributed by atoms with van der Waals surface area (Å²) in [5.41, 5.74) is 6.00. The zero-order chi connectivity index (χ0) is 15.2. The molecule has 2 heterocycles. The Hall–Kier alpha value is -0.0700. The van der Waals surface area contributed by atoms with Crippen molar-refractivity contribution >= 4 is 30.7 Å². The molecule has 2 fully saturated rings. The van der Waals surface area contributed by atoms with Crippen molar-refractivity contribution in [3.63, 3.8) is 0 Å². The van der Waals surface area contributed by atoms with Crippen molar-refractivity contribution in [2.24, 2.45) is 11.7 Å². The largest absolute Gasteiger partial charge is 0.342 e. The topological polar surface area (TPSA) is 52.8 Å². The van der Waals surface area contributed by atoms with Crippen molar-refractivity contribution in [2.75, 3.05) is 52.4 Å². The van der Waals surface area contributed by atoms with Crippen LogP contribution >= 0.6 is 24.8 Å². The molecule has 0 bridgehead atoms. The molecule has 0 radical (unpaired) electrons. The number of hydrogen-bond acceptors (Lipinski definition) is 4. The van der Waals surface area contributed by atoms with Crippen LogP contribution in [-0.4, -0.2) is 79.0 Å². The second kappa shape index (κ2) is 11.5. The molecule has 2 atom stereocenters. The minimum Gasteiger partial charge on any atom is -0.342 e. The van der Waals surface area contributed by atoms with Gasteiger partial charge in [0.1, 0.15) is 0 Å². The lowest BCUT2D eigenvalue weighted by atomic mass is 9.92. The Bertz CT molecular complexity index is 336. The van der Waals surface area contributed by atoms with Crippen LogP contribution < -0.4 is 5.73 Å². The highest BCUT2D eigenvalue weighted by atomic mass is 35.5. The lowest BCUT2D eigenvalue weighted by Gasteiger charge is -2.36. The van der Waals surface area contributed by atoms with Gasteiger partial charge in [-0.2, -0.15) is 0 Å². The van der Waals surface area contributed by atoms with Crippen LogP contribution in [-0.2, 0) is 4.79 Å². The van der Waals surface area contributed by atoms with Crippen LogP contribution in [0, 0.1) is 5.92 Å². The number of likely N-dealkylation sites (N-methyl/N-ethyl adjacent to an activating group) is 1. The van der Waals surface area contributed by atoms with Crippen LogP contribution in [0.3, 0.4) is 0 Å². The first-order valence-electron chi connectivity index (χ1n) is 8.58. The number of piperidine rings is 1. The maximum Gasteiger partial charge on any atom is 0.223 e. The number of carbonyl (C=O) groups is 1. The minimum absolute atomic E-state index is 0. The molecule has 23 heavy (non-hydrogen) atoms. The van der Waals surface area contributed by atoms with E-state index in [4.69, 9.17) is 5.73 Å². The number of amides is 1. The van der Waals surface area contributed by atoms with Gasteiger partial charge in [0.05, 0.1) is 0 Å². The average Bonchev–Trinajstić information content (AvgIpc) is 2.53. The lowest BCUT2D eigenvalue weighted by Crippen LogP contribution is -2.48. The highest BCUT2D eigenvalue weighted by Gasteiger charge is 2.26. The molecule has 1 amide bonds. The number of halogens is 2. The number of hydrogen-bond donors (Lipinski definition) is 1. The summed E-state index contributed by atoms with van der Waals surface area (Å²) < 4.78 is 0. The third kappa shape index (κ3) is 7.14. The second-order valence-corrected chi connectivity index (χ2v) is 6.63. The number of likely N-dealkylation sites (tertiary alicyclic amines) is 1. The molecule has 0 aromatic rings. The number of piperazine rings is 1. The Morgan fingerprint density at radius 2 is 1.74 bits per heavy atom. The molecule has 2 saturated heterocycles. The third-order valence-electron chi connectivity index (χ3n) is 5.11. The van der Waals surface area contributed by atoms with Crippen molar-refractivity contribution in [2.45, 2.75) is 39.2 Å². The SMILES string of the molecule is CCN1CCN(CCC(=O)N2CCCC(C(C)N)C2)CC1.Cl.Cl.